The van der Waals surface area contributed by atoms with Crippen molar-refractivity contribution < 1.29 is 14.3 Å². The third-order valence-corrected chi connectivity index (χ3v) is 4.36. The molecule has 0 saturated heterocycles. The molecule has 0 fully saturated rings. The molecule has 0 atom stereocenters. The highest BCUT2D eigenvalue weighted by atomic mass is 16.5. The van der Waals surface area contributed by atoms with E-state index in [0.29, 0.717) is 25.6 Å². The van der Waals surface area contributed by atoms with Crippen molar-refractivity contribution in [3.8, 4) is 22.9 Å². The van der Waals surface area contributed by atoms with Crippen LogP contribution in [-0.4, -0.2) is 36.0 Å². The highest BCUT2D eigenvalue weighted by Gasteiger charge is 2.04. The molecular formula is C23H26N4O3. The monoisotopic (exact) mass is 406 g/mol. The van der Waals surface area contributed by atoms with Crippen molar-refractivity contribution in [2.75, 3.05) is 25.1 Å². The normalized spacial score (nSPS) is 10.3. The molecule has 0 saturated carbocycles. The van der Waals surface area contributed by atoms with Gasteiger partial charge >= 0.3 is 6.03 Å². The Morgan fingerprint density at radius 1 is 0.900 bits per heavy atom. The molecule has 0 spiro atoms. The molecule has 7 nitrogen and oxygen atoms in total. The Hall–Kier alpha value is -3.61. The predicted molar refractivity (Wildman–Crippen MR) is 117 cm³/mol. The minimum Gasteiger partial charge on any atom is -0.494 e. The van der Waals surface area contributed by atoms with Gasteiger partial charge in [-0.3, -0.25) is 0 Å². The summed E-state index contributed by atoms with van der Waals surface area (Å²) in [5.41, 5.74) is 3.67. The summed E-state index contributed by atoms with van der Waals surface area (Å²) < 4.78 is 11.0. The molecule has 0 aliphatic carbocycles. The number of aromatic nitrogens is 2. The highest BCUT2D eigenvalue weighted by molar-refractivity contribution is 5.89. The van der Waals surface area contributed by atoms with E-state index >= 15 is 0 Å². The van der Waals surface area contributed by atoms with Crippen molar-refractivity contribution in [3.63, 3.8) is 0 Å². The predicted octanol–water partition coefficient (Wildman–Crippen LogP) is 4.31. The average Bonchev–Trinajstić information content (AvgIpc) is 2.78. The number of carbonyl (C=O) groups is 1. The van der Waals surface area contributed by atoms with Crippen molar-refractivity contribution in [2.45, 2.75) is 20.3 Å². The zero-order valence-corrected chi connectivity index (χ0v) is 17.2. The molecule has 2 amide bonds. The maximum absolute atomic E-state index is 11.9. The maximum atomic E-state index is 11.9. The van der Waals surface area contributed by atoms with Crippen LogP contribution in [0.3, 0.4) is 0 Å². The van der Waals surface area contributed by atoms with Crippen LogP contribution >= 0.6 is 0 Å². The Morgan fingerprint density at radius 2 is 1.67 bits per heavy atom. The van der Waals surface area contributed by atoms with Crippen LogP contribution in [-0.2, 0) is 6.42 Å². The van der Waals surface area contributed by atoms with Crippen molar-refractivity contribution in [3.05, 3.63) is 66.2 Å². The van der Waals surface area contributed by atoms with Gasteiger partial charge in [0.05, 0.1) is 18.8 Å². The topological polar surface area (TPSA) is 85.4 Å². The van der Waals surface area contributed by atoms with Crippen LogP contribution in [0.1, 0.15) is 19.4 Å². The van der Waals surface area contributed by atoms with Crippen LogP contribution < -0.4 is 20.1 Å². The minimum absolute atomic E-state index is 0.278. The molecule has 2 N–H and O–H groups in total. The molecule has 0 aliphatic heterocycles. The van der Waals surface area contributed by atoms with E-state index in [0.717, 1.165) is 29.1 Å². The van der Waals surface area contributed by atoms with Gasteiger partial charge < -0.3 is 20.1 Å². The summed E-state index contributed by atoms with van der Waals surface area (Å²) in [4.78, 5) is 11.9. The quantitative estimate of drug-likeness (QED) is 0.518. The number of benzene rings is 2. The fourth-order valence-electron chi connectivity index (χ4n) is 2.76. The molecule has 7 heteroatoms. The number of hydrogen-bond donors (Lipinski definition) is 2. The second-order valence-corrected chi connectivity index (χ2v) is 6.49. The second kappa shape index (κ2) is 10.8. The summed E-state index contributed by atoms with van der Waals surface area (Å²) in [6, 6.07) is 18.8. The number of ether oxygens (including phenoxy) is 2. The lowest BCUT2D eigenvalue weighted by Gasteiger charge is -2.09. The Morgan fingerprint density at radius 3 is 2.30 bits per heavy atom. The fourth-order valence-corrected chi connectivity index (χ4v) is 2.76. The molecule has 0 unspecified atom stereocenters. The molecule has 0 radical (unpaired) electrons. The first-order valence-electron chi connectivity index (χ1n) is 10.0. The number of amides is 2. The van der Waals surface area contributed by atoms with E-state index < -0.39 is 0 Å². The smallest absolute Gasteiger partial charge is 0.319 e. The Balaban J connectivity index is 1.41. The molecule has 3 aromatic rings. The molecule has 0 aliphatic rings. The SMILES string of the molecule is CCOc1ccc(-c2ccc(OCCNC(=O)Nc3ccc(CC)cc3)nn2)cc1. The van der Waals surface area contributed by atoms with E-state index in [4.69, 9.17) is 9.47 Å². The van der Waals surface area contributed by atoms with Gasteiger partial charge in [-0.25, -0.2) is 4.79 Å². The zero-order valence-electron chi connectivity index (χ0n) is 17.2. The number of carbonyl (C=O) groups excluding carboxylic acids is 1. The van der Waals surface area contributed by atoms with E-state index in [9.17, 15) is 4.79 Å². The van der Waals surface area contributed by atoms with Crippen LogP contribution in [0, 0.1) is 0 Å². The van der Waals surface area contributed by atoms with Crippen LogP contribution in [0.2, 0.25) is 0 Å². The first kappa shape index (κ1) is 21.1. The highest BCUT2D eigenvalue weighted by Crippen LogP contribution is 2.21. The van der Waals surface area contributed by atoms with Gasteiger partial charge in [-0.2, -0.15) is 0 Å². The summed E-state index contributed by atoms with van der Waals surface area (Å²) in [5.74, 6) is 1.23. The van der Waals surface area contributed by atoms with E-state index in [-0.39, 0.29) is 6.03 Å². The van der Waals surface area contributed by atoms with E-state index in [1.54, 1.807) is 6.07 Å². The first-order chi connectivity index (χ1) is 14.7. The zero-order chi connectivity index (χ0) is 21.2. The summed E-state index contributed by atoms with van der Waals surface area (Å²) in [7, 11) is 0. The molecule has 2 aromatic carbocycles. The molecule has 30 heavy (non-hydrogen) atoms. The summed E-state index contributed by atoms with van der Waals surface area (Å²) in [5, 5.41) is 13.8. The average molecular weight is 406 g/mol. The van der Waals surface area contributed by atoms with Gasteiger partial charge in [0.1, 0.15) is 12.4 Å². The summed E-state index contributed by atoms with van der Waals surface area (Å²) >= 11 is 0. The van der Waals surface area contributed by atoms with Crippen LogP contribution in [0.4, 0.5) is 10.5 Å². The number of rotatable bonds is 9. The summed E-state index contributed by atoms with van der Waals surface area (Å²) in [6.45, 7) is 5.31. The molecule has 3 rings (SSSR count). The lowest BCUT2D eigenvalue weighted by Crippen LogP contribution is -2.32. The number of anilines is 1. The van der Waals surface area contributed by atoms with Crippen molar-refractivity contribution in [1.82, 2.24) is 15.5 Å². The summed E-state index contributed by atoms with van der Waals surface area (Å²) in [6.07, 6.45) is 0.966. The van der Waals surface area contributed by atoms with Crippen molar-refractivity contribution >= 4 is 11.7 Å². The fraction of sp³-hybridized carbons (Fsp3) is 0.261. The van der Waals surface area contributed by atoms with Crippen LogP contribution in [0.15, 0.2) is 60.7 Å². The van der Waals surface area contributed by atoms with Crippen molar-refractivity contribution in [2.24, 2.45) is 0 Å². The number of nitrogens with one attached hydrogen (secondary N) is 2. The first-order valence-corrected chi connectivity index (χ1v) is 10.0. The van der Waals surface area contributed by atoms with E-state index in [1.807, 2.05) is 61.5 Å². The van der Waals surface area contributed by atoms with Crippen LogP contribution in [0.5, 0.6) is 11.6 Å². The van der Waals surface area contributed by atoms with Gasteiger partial charge in [0.25, 0.3) is 0 Å². The van der Waals surface area contributed by atoms with Gasteiger partial charge in [0.2, 0.25) is 5.88 Å². The lowest BCUT2D eigenvalue weighted by atomic mass is 10.1. The Bertz CT molecular complexity index is 926. The third-order valence-electron chi connectivity index (χ3n) is 4.36. The minimum atomic E-state index is -0.278. The van der Waals surface area contributed by atoms with Gasteiger partial charge in [-0.15, -0.1) is 10.2 Å². The standard InChI is InChI=1S/C23H26N4O3/c1-3-17-5-9-19(10-6-17)25-23(28)24-15-16-30-22-14-13-21(26-27-22)18-7-11-20(12-8-18)29-4-2/h5-14H,3-4,15-16H2,1-2H3,(H2,24,25,28). The maximum Gasteiger partial charge on any atom is 0.319 e. The van der Waals surface area contributed by atoms with Gasteiger partial charge in [-0.1, -0.05) is 19.1 Å². The van der Waals surface area contributed by atoms with E-state index in [2.05, 4.69) is 27.8 Å². The number of aryl methyl sites for hydroxylation is 1. The molecule has 0 bridgehead atoms. The largest absolute Gasteiger partial charge is 0.494 e. The van der Waals surface area contributed by atoms with Gasteiger partial charge in [-0.05, 0) is 61.4 Å². The second-order valence-electron chi connectivity index (χ2n) is 6.49. The number of urea groups is 1. The van der Waals surface area contributed by atoms with Gasteiger partial charge in [0.15, 0.2) is 0 Å². The number of hydrogen-bond acceptors (Lipinski definition) is 5. The molecule has 156 valence electrons. The van der Waals surface area contributed by atoms with Crippen LogP contribution in [0.25, 0.3) is 11.3 Å². The molecule has 1 aromatic heterocycles. The third kappa shape index (κ3) is 6.20. The Labute approximate surface area is 176 Å². The van der Waals surface area contributed by atoms with Crippen molar-refractivity contribution in [1.29, 1.82) is 0 Å². The molecule has 1 heterocycles. The van der Waals surface area contributed by atoms with Gasteiger partial charge in [0, 0.05) is 17.3 Å². The lowest BCUT2D eigenvalue weighted by molar-refractivity contribution is 0.246. The Kier molecular flexibility index (Phi) is 7.60. The molecular weight excluding hydrogens is 380 g/mol. The number of nitrogens with zero attached hydrogens (tertiary/aromatic N) is 2. The van der Waals surface area contributed by atoms with E-state index in [1.165, 1.54) is 5.56 Å².